The van der Waals surface area contributed by atoms with Crippen LogP contribution in [0.1, 0.15) is 12.5 Å². The number of anilines is 1. The van der Waals surface area contributed by atoms with Crippen LogP contribution in [0.25, 0.3) is 0 Å². The number of carbonyl (C=O) groups excluding carboxylic acids is 1. The topological polar surface area (TPSA) is 72.2 Å². The van der Waals surface area contributed by atoms with Crippen LogP contribution in [0.2, 0.25) is 5.02 Å². The van der Waals surface area contributed by atoms with Crippen LogP contribution in [-0.4, -0.2) is 10.8 Å². The fourth-order valence-corrected chi connectivity index (χ4v) is 1.41. The molecule has 6 heteroatoms. The molecule has 0 aliphatic rings. The minimum Gasteiger partial charge on any atom is -0.326 e. The van der Waals surface area contributed by atoms with E-state index >= 15 is 0 Å². The smallest absolute Gasteiger partial charge is 0.289 e. The van der Waals surface area contributed by atoms with Crippen molar-refractivity contribution in [2.24, 2.45) is 0 Å². The summed E-state index contributed by atoms with van der Waals surface area (Å²) in [6, 6.07) is 2.70. The number of rotatable bonds is 2. The van der Waals surface area contributed by atoms with E-state index in [4.69, 9.17) is 11.6 Å². The summed E-state index contributed by atoms with van der Waals surface area (Å²) in [6.45, 7) is 3.04. The van der Waals surface area contributed by atoms with Gasteiger partial charge in [-0.3, -0.25) is 14.9 Å². The van der Waals surface area contributed by atoms with Crippen molar-refractivity contribution in [2.75, 3.05) is 5.32 Å². The summed E-state index contributed by atoms with van der Waals surface area (Å²) in [5, 5.41) is 13.1. The van der Waals surface area contributed by atoms with Gasteiger partial charge in [0.15, 0.2) is 0 Å². The Bertz CT molecular complexity index is 432. The highest BCUT2D eigenvalue weighted by Crippen LogP contribution is 2.30. The van der Waals surface area contributed by atoms with E-state index in [0.717, 1.165) is 0 Å². The number of halogens is 1. The number of nitro groups is 1. The molecule has 1 aromatic rings. The van der Waals surface area contributed by atoms with Crippen LogP contribution < -0.4 is 5.32 Å². The Morgan fingerprint density at radius 1 is 1.53 bits per heavy atom. The number of amides is 1. The van der Waals surface area contributed by atoms with Gasteiger partial charge in [0.2, 0.25) is 5.91 Å². The summed E-state index contributed by atoms with van der Waals surface area (Å²) in [5.74, 6) is -0.283. The van der Waals surface area contributed by atoms with Crippen LogP contribution >= 0.6 is 11.6 Å². The number of aryl methyl sites for hydroxylation is 1. The Hall–Kier alpha value is -1.62. The lowest BCUT2D eigenvalue weighted by atomic mass is 10.2. The molecule has 0 radical (unpaired) electrons. The zero-order chi connectivity index (χ0) is 11.6. The van der Waals surface area contributed by atoms with E-state index < -0.39 is 4.92 Å². The number of nitrogens with zero attached hydrogens (tertiary/aromatic N) is 1. The van der Waals surface area contributed by atoms with Crippen LogP contribution in [0, 0.1) is 17.0 Å². The van der Waals surface area contributed by atoms with Gasteiger partial charge in [0.25, 0.3) is 5.69 Å². The van der Waals surface area contributed by atoms with Crippen molar-refractivity contribution < 1.29 is 9.72 Å². The Labute approximate surface area is 91.2 Å². The molecule has 0 aliphatic heterocycles. The fraction of sp³-hybridized carbons (Fsp3) is 0.222. The first-order chi connectivity index (χ1) is 6.91. The van der Waals surface area contributed by atoms with Gasteiger partial charge in [0.05, 0.1) is 10.6 Å². The van der Waals surface area contributed by atoms with Crippen LogP contribution in [0.15, 0.2) is 12.1 Å². The molecule has 0 heterocycles. The van der Waals surface area contributed by atoms with Crippen molar-refractivity contribution in [3.05, 3.63) is 32.8 Å². The summed E-state index contributed by atoms with van der Waals surface area (Å²) in [6.07, 6.45) is 0. The highest BCUT2D eigenvalue weighted by atomic mass is 35.5. The van der Waals surface area contributed by atoms with Crippen molar-refractivity contribution in [2.45, 2.75) is 13.8 Å². The van der Waals surface area contributed by atoms with Crippen molar-refractivity contribution >= 4 is 28.9 Å². The van der Waals surface area contributed by atoms with E-state index in [-0.39, 0.29) is 16.6 Å². The molecule has 15 heavy (non-hydrogen) atoms. The van der Waals surface area contributed by atoms with Crippen molar-refractivity contribution in [1.29, 1.82) is 0 Å². The van der Waals surface area contributed by atoms with Gasteiger partial charge < -0.3 is 5.32 Å². The first-order valence-electron chi connectivity index (χ1n) is 4.14. The lowest BCUT2D eigenvalue weighted by Crippen LogP contribution is -2.07. The Morgan fingerprint density at radius 3 is 2.60 bits per heavy atom. The van der Waals surface area contributed by atoms with E-state index in [9.17, 15) is 14.9 Å². The molecule has 0 fully saturated rings. The molecule has 0 aromatic heterocycles. The molecule has 5 nitrogen and oxygen atoms in total. The minimum atomic E-state index is -0.590. The third-order valence-corrected chi connectivity index (χ3v) is 2.10. The van der Waals surface area contributed by atoms with Gasteiger partial charge in [-0.15, -0.1) is 0 Å². The molecule has 0 saturated carbocycles. The first-order valence-corrected chi connectivity index (χ1v) is 4.51. The maximum absolute atomic E-state index is 10.8. The van der Waals surface area contributed by atoms with Crippen LogP contribution in [0.3, 0.4) is 0 Å². The van der Waals surface area contributed by atoms with Crippen molar-refractivity contribution in [1.82, 2.24) is 0 Å². The van der Waals surface area contributed by atoms with E-state index in [2.05, 4.69) is 5.32 Å². The van der Waals surface area contributed by atoms with Gasteiger partial charge in [0, 0.05) is 13.0 Å². The zero-order valence-corrected chi connectivity index (χ0v) is 8.96. The van der Waals surface area contributed by atoms with Gasteiger partial charge in [-0.05, 0) is 18.6 Å². The number of carbonyl (C=O) groups is 1. The molecule has 1 aromatic carbocycles. The summed E-state index contributed by atoms with van der Waals surface area (Å²) >= 11 is 5.68. The number of hydrogen-bond donors (Lipinski definition) is 1. The maximum atomic E-state index is 10.8. The van der Waals surface area contributed by atoms with Crippen molar-refractivity contribution in [3.8, 4) is 0 Å². The summed E-state index contributed by atoms with van der Waals surface area (Å²) in [7, 11) is 0. The molecule has 0 atom stereocenters. The summed E-state index contributed by atoms with van der Waals surface area (Å²) < 4.78 is 0. The quantitative estimate of drug-likeness (QED) is 0.624. The third kappa shape index (κ3) is 2.66. The average molecular weight is 229 g/mol. The molecule has 80 valence electrons. The molecule has 0 bridgehead atoms. The predicted molar refractivity (Wildman–Crippen MR) is 57.1 cm³/mol. The van der Waals surface area contributed by atoms with E-state index in [1.165, 1.54) is 19.1 Å². The summed E-state index contributed by atoms with van der Waals surface area (Å²) in [4.78, 5) is 20.8. The van der Waals surface area contributed by atoms with Crippen LogP contribution in [-0.2, 0) is 4.79 Å². The van der Waals surface area contributed by atoms with Crippen LogP contribution in [0.4, 0.5) is 11.4 Å². The van der Waals surface area contributed by atoms with Crippen molar-refractivity contribution in [3.63, 3.8) is 0 Å². The minimum absolute atomic E-state index is 0.0617. The zero-order valence-electron chi connectivity index (χ0n) is 8.20. The number of nitro benzene ring substituents is 1. The molecule has 0 spiro atoms. The monoisotopic (exact) mass is 228 g/mol. The van der Waals surface area contributed by atoms with Gasteiger partial charge in [-0.2, -0.15) is 0 Å². The second-order valence-corrected chi connectivity index (χ2v) is 3.46. The third-order valence-electron chi connectivity index (χ3n) is 1.80. The lowest BCUT2D eigenvalue weighted by molar-refractivity contribution is -0.384. The maximum Gasteiger partial charge on any atom is 0.289 e. The first kappa shape index (κ1) is 11.5. The van der Waals surface area contributed by atoms with E-state index in [1.807, 2.05) is 0 Å². The van der Waals surface area contributed by atoms with E-state index in [0.29, 0.717) is 11.3 Å². The molecular formula is C9H9ClN2O3. The second-order valence-electron chi connectivity index (χ2n) is 3.06. The molecule has 0 unspecified atom stereocenters. The fourth-order valence-electron chi connectivity index (χ4n) is 1.13. The normalized spacial score (nSPS) is 9.80. The SMILES string of the molecule is CC(=O)Nc1cc([N+](=O)[O-])c(Cl)cc1C. The molecule has 1 rings (SSSR count). The predicted octanol–water partition coefficient (Wildman–Crippen LogP) is 2.52. The average Bonchev–Trinajstić information content (AvgIpc) is 2.08. The molecule has 1 N–H and O–H groups in total. The Balaban J connectivity index is 3.23. The van der Waals surface area contributed by atoms with E-state index in [1.54, 1.807) is 6.92 Å². The molecule has 1 amide bonds. The Morgan fingerprint density at radius 2 is 2.13 bits per heavy atom. The van der Waals surface area contributed by atoms with Gasteiger partial charge in [-0.25, -0.2) is 0 Å². The Kier molecular flexibility index (Phi) is 3.26. The highest BCUT2D eigenvalue weighted by Gasteiger charge is 2.15. The largest absolute Gasteiger partial charge is 0.326 e. The highest BCUT2D eigenvalue weighted by molar-refractivity contribution is 6.32. The summed E-state index contributed by atoms with van der Waals surface area (Å²) in [5.41, 5.74) is 0.866. The number of hydrogen-bond acceptors (Lipinski definition) is 3. The van der Waals surface area contributed by atoms with Gasteiger partial charge in [-0.1, -0.05) is 11.6 Å². The number of benzene rings is 1. The van der Waals surface area contributed by atoms with Gasteiger partial charge >= 0.3 is 0 Å². The standard InChI is InChI=1S/C9H9ClN2O3/c1-5-3-7(10)9(12(14)15)4-8(5)11-6(2)13/h3-4H,1-2H3,(H,11,13). The van der Waals surface area contributed by atoms with Crippen LogP contribution in [0.5, 0.6) is 0 Å². The molecule has 0 aliphatic carbocycles. The molecule has 0 saturated heterocycles. The lowest BCUT2D eigenvalue weighted by Gasteiger charge is -2.06. The second kappa shape index (κ2) is 4.27. The molecular weight excluding hydrogens is 220 g/mol. The van der Waals surface area contributed by atoms with Gasteiger partial charge in [0.1, 0.15) is 5.02 Å². The number of nitrogens with one attached hydrogen (secondary N) is 1.